The Labute approximate surface area is 113 Å². The number of hydrogen-bond donors (Lipinski definition) is 1. The van der Waals surface area contributed by atoms with Crippen molar-refractivity contribution in [2.45, 2.75) is 31.8 Å². The first kappa shape index (κ1) is 12.7. The molecular formula is C14H21N3O2. The molecule has 5 heteroatoms. The zero-order chi connectivity index (χ0) is 13.2. The van der Waals surface area contributed by atoms with Crippen molar-refractivity contribution in [3.63, 3.8) is 0 Å². The first-order chi connectivity index (χ1) is 9.28. The van der Waals surface area contributed by atoms with Gasteiger partial charge in [-0.1, -0.05) is 0 Å². The van der Waals surface area contributed by atoms with Crippen LogP contribution in [0.2, 0.25) is 0 Å². The molecule has 2 N–H and O–H groups in total. The summed E-state index contributed by atoms with van der Waals surface area (Å²) in [6.07, 6.45) is 3.51. The third-order valence-electron chi connectivity index (χ3n) is 4.16. The molecule has 2 fully saturated rings. The Bertz CT molecular complexity index is 457. The number of amides is 1. The topological polar surface area (TPSA) is 62.7 Å². The van der Waals surface area contributed by atoms with E-state index in [-0.39, 0.29) is 5.91 Å². The third-order valence-corrected chi connectivity index (χ3v) is 4.16. The highest BCUT2D eigenvalue weighted by atomic mass is 16.4. The van der Waals surface area contributed by atoms with Gasteiger partial charge in [0.2, 0.25) is 0 Å². The second-order valence-electron chi connectivity index (χ2n) is 5.41. The number of rotatable bonds is 2. The Morgan fingerprint density at radius 2 is 2.16 bits per heavy atom. The molecule has 0 aromatic carbocycles. The fraction of sp³-hybridized carbons (Fsp3) is 0.643. The highest BCUT2D eigenvalue weighted by Gasteiger charge is 2.31. The van der Waals surface area contributed by atoms with Crippen LogP contribution < -0.4 is 5.73 Å². The van der Waals surface area contributed by atoms with Crippen molar-refractivity contribution >= 4 is 5.91 Å². The number of fused-ring (bicyclic) bond motifs is 1. The summed E-state index contributed by atoms with van der Waals surface area (Å²) in [5.74, 6) is 1.10. The average molecular weight is 263 g/mol. The van der Waals surface area contributed by atoms with Crippen LogP contribution in [0.15, 0.2) is 16.5 Å². The van der Waals surface area contributed by atoms with E-state index in [1.807, 2.05) is 4.90 Å². The second kappa shape index (κ2) is 5.35. The molecule has 0 aliphatic carbocycles. The van der Waals surface area contributed by atoms with Crippen LogP contribution in [0.3, 0.4) is 0 Å². The maximum atomic E-state index is 12.4. The van der Waals surface area contributed by atoms with Crippen molar-refractivity contribution in [3.8, 4) is 0 Å². The molecule has 2 saturated heterocycles. The van der Waals surface area contributed by atoms with Gasteiger partial charge in [0.05, 0.1) is 6.54 Å². The Hall–Kier alpha value is -1.33. The van der Waals surface area contributed by atoms with Gasteiger partial charge in [-0.05, 0) is 37.9 Å². The Balaban J connectivity index is 1.71. The Morgan fingerprint density at radius 1 is 1.32 bits per heavy atom. The molecule has 19 heavy (non-hydrogen) atoms. The van der Waals surface area contributed by atoms with Crippen molar-refractivity contribution in [2.24, 2.45) is 5.73 Å². The van der Waals surface area contributed by atoms with E-state index < -0.39 is 0 Å². The number of hydrogen-bond acceptors (Lipinski definition) is 4. The van der Waals surface area contributed by atoms with E-state index in [9.17, 15) is 4.79 Å². The minimum atomic E-state index is 0.00782. The normalized spacial score (nSPS) is 24.3. The summed E-state index contributed by atoms with van der Waals surface area (Å²) in [5, 5.41) is 0. The van der Waals surface area contributed by atoms with Gasteiger partial charge in [0.1, 0.15) is 5.76 Å². The molecule has 2 aliphatic rings. The molecule has 0 spiro atoms. The molecule has 1 atom stereocenters. The van der Waals surface area contributed by atoms with Crippen LogP contribution >= 0.6 is 0 Å². The van der Waals surface area contributed by atoms with Gasteiger partial charge in [-0.15, -0.1) is 0 Å². The first-order valence-electron chi connectivity index (χ1n) is 7.10. The van der Waals surface area contributed by atoms with E-state index in [4.69, 9.17) is 10.2 Å². The highest BCUT2D eigenvalue weighted by Crippen LogP contribution is 2.22. The molecule has 1 aromatic heterocycles. The molecule has 1 amide bonds. The molecule has 2 aliphatic heterocycles. The van der Waals surface area contributed by atoms with Crippen LogP contribution in [0.5, 0.6) is 0 Å². The lowest BCUT2D eigenvalue weighted by Crippen LogP contribution is -2.39. The first-order valence-corrected chi connectivity index (χ1v) is 7.10. The SMILES string of the molecule is NCc1ccc(C(=O)N2CCCN3CCCC3C2)o1. The van der Waals surface area contributed by atoms with Crippen molar-refractivity contribution in [2.75, 3.05) is 26.2 Å². The summed E-state index contributed by atoms with van der Waals surface area (Å²) in [6.45, 7) is 4.29. The predicted molar refractivity (Wildman–Crippen MR) is 71.7 cm³/mol. The summed E-state index contributed by atoms with van der Waals surface area (Å²) < 4.78 is 5.47. The minimum Gasteiger partial charge on any atom is -0.455 e. The van der Waals surface area contributed by atoms with E-state index in [2.05, 4.69) is 4.90 Å². The standard InChI is InChI=1S/C14H21N3O2/c15-9-12-4-5-13(19-12)14(18)17-8-2-7-16-6-1-3-11(16)10-17/h4-5,11H,1-3,6-10,15H2. The zero-order valence-corrected chi connectivity index (χ0v) is 11.2. The molecule has 0 bridgehead atoms. The van der Waals surface area contributed by atoms with Crippen molar-refractivity contribution < 1.29 is 9.21 Å². The number of nitrogens with two attached hydrogens (primary N) is 1. The monoisotopic (exact) mass is 263 g/mol. The van der Waals surface area contributed by atoms with Gasteiger partial charge in [0, 0.05) is 25.7 Å². The summed E-state index contributed by atoms with van der Waals surface area (Å²) in [6, 6.07) is 4.06. The molecule has 3 heterocycles. The number of carbonyl (C=O) groups excluding carboxylic acids is 1. The van der Waals surface area contributed by atoms with E-state index in [0.29, 0.717) is 24.1 Å². The number of furan rings is 1. The maximum absolute atomic E-state index is 12.4. The van der Waals surface area contributed by atoms with Crippen molar-refractivity contribution in [1.82, 2.24) is 9.80 Å². The summed E-state index contributed by atoms with van der Waals surface area (Å²) in [7, 11) is 0. The number of carbonyl (C=O) groups is 1. The van der Waals surface area contributed by atoms with E-state index >= 15 is 0 Å². The van der Waals surface area contributed by atoms with E-state index in [1.165, 1.54) is 19.4 Å². The van der Waals surface area contributed by atoms with Crippen LogP contribution in [-0.4, -0.2) is 47.9 Å². The van der Waals surface area contributed by atoms with Gasteiger partial charge < -0.3 is 15.1 Å². The molecule has 1 aromatic rings. The Morgan fingerprint density at radius 3 is 2.95 bits per heavy atom. The summed E-state index contributed by atoms with van der Waals surface area (Å²) >= 11 is 0. The molecule has 3 rings (SSSR count). The van der Waals surface area contributed by atoms with Crippen LogP contribution in [0.1, 0.15) is 35.6 Å². The van der Waals surface area contributed by atoms with Gasteiger partial charge in [0.25, 0.3) is 5.91 Å². The van der Waals surface area contributed by atoms with Crippen molar-refractivity contribution in [1.29, 1.82) is 0 Å². The highest BCUT2D eigenvalue weighted by molar-refractivity contribution is 5.91. The van der Waals surface area contributed by atoms with Crippen LogP contribution in [0.25, 0.3) is 0 Å². The molecule has 5 nitrogen and oxygen atoms in total. The van der Waals surface area contributed by atoms with Crippen LogP contribution in [0, 0.1) is 0 Å². The lowest BCUT2D eigenvalue weighted by atomic mass is 10.2. The molecule has 104 valence electrons. The predicted octanol–water partition coefficient (Wildman–Crippen LogP) is 1.05. The molecule has 0 saturated carbocycles. The number of nitrogens with zero attached hydrogens (tertiary/aromatic N) is 2. The van der Waals surface area contributed by atoms with E-state index in [1.54, 1.807) is 12.1 Å². The van der Waals surface area contributed by atoms with Gasteiger partial charge in [-0.3, -0.25) is 9.69 Å². The smallest absolute Gasteiger partial charge is 0.289 e. The lowest BCUT2D eigenvalue weighted by Gasteiger charge is -2.25. The van der Waals surface area contributed by atoms with E-state index in [0.717, 1.165) is 26.1 Å². The van der Waals surface area contributed by atoms with Gasteiger partial charge in [-0.2, -0.15) is 0 Å². The molecule has 0 radical (unpaired) electrons. The lowest BCUT2D eigenvalue weighted by molar-refractivity contribution is 0.0709. The van der Waals surface area contributed by atoms with Crippen LogP contribution in [-0.2, 0) is 6.54 Å². The average Bonchev–Trinajstić information content (AvgIpc) is 3.03. The Kier molecular flexibility index (Phi) is 3.57. The van der Waals surface area contributed by atoms with Gasteiger partial charge in [-0.25, -0.2) is 0 Å². The maximum Gasteiger partial charge on any atom is 0.289 e. The molecular weight excluding hydrogens is 242 g/mol. The van der Waals surface area contributed by atoms with Crippen LogP contribution in [0.4, 0.5) is 0 Å². The summed E-state index contributed by atoms with van der Waals surface area (Å²) in [5.41, 5.74) is 5.51. The largest absolute Gasteiger partial charge is 0.455 e. The minimum absolute atomic E-state index is 0.00782. The third kappa shape index (κ3) is 2.53. The van der Waals surface area contributed by atoms with Crippen molar-refractivity contribution in [3.05, 3.63) is 23.7 Å². The quantitative estimate of drug-likeness (QED) is 0.866. The van der Waals surface area contributed by atoms with Gasteiger partial charge >= 0.3 is 0 Å². The summed E-state index contributed by atoms with van der Waals surface area (Å²) in [4.78, 5) is 16.9. The fourth-order valence-corrected chi connectivity index (χ4v) is 3.15. The fourth-order valence-electron chi connectivity index (χ4n) is 3.15. The van der Waals surface area contributed by atoms with Gasteiger partial charge in [0.15, 0.2) is 5.76 Å². The zero-order valence-electron chi connectivity index (χ0n) is 11.2. The second-order valence-corrected chi connectivity index (χ2v) is 5.41. The molecule has 1 unspecified atom stereocenters.